The highest BCUT2D eigenvalue weighted by Crippen LogP contribution is 2.61. The van der Waals surface area contributed by atoms with Crippen LogP contribution in [-0.2, 0) is 26.5 Å². The Kier molecular flexibility index (Phi) is 9.10. The van der Waals surface area contributed by atoms with Crippen LogP contribution in [0.1, 0.15) is 47.7 Å². The minimum absolute atomic E-state index is 0.0739. The summed E-state index contributed by atoms with van der Waals surface area (Å²) in [6.07, 6.45) is 0.605. The van der Waals surface area contributed by atoms with Gasteiger partial charge in [0.15, 0.2) is 11.4 Å². The molecule has 1 spiro atoms. The Morgan fingerprint density at radius 1 is 0.981 bits per heavy atom. The summed E-state index contributed by atoms with van der Waals surface area (Å²) in [5.74, 6) is 0.238. The number of likely N-dealkylation sites (tertiary alicyclic amines) is 1. The fourth-order valence-corrected chi connectivity index (χ4v) is 11.6. The Morgan fingerprint density at radius 3 is 2.43 bits per heavy atom. The molecule has 12 heteroatoms. The summed E-state index contributed by atoms with van der Waals surface area (Å²) in [6, 6.07) is 27.2. The summed E-state index contributed by atoms with van der Waals surface area (Å²) in [4.78, 5) is 47.6. The number of para-hydroxylation sites is 3. The van der Waals surface area contributed by atoms with Crippen LogP contribution < -0.4 is 19.3 Å². The highest BCUT2D eigenvalue weighted by molar-refractivity contribution is 6.72. The molecule has 0 bridgehead atoms. The Bertz CT molecular complexity index is 2120. The molecule has 8 rings (SSSR count). The van der Waals surface area contributed by atoms with Gasteiger partial charge in [0.05, 0.1) is 55.8 Å². The zero-order chi connectivity index (χ0) is 37.9. The second-order valence-electron chi connectivity index (χ2n) is 15.2. The molecule has 0 saturated carbocycles. The number of hydrogen-bond donors (Lipinski definition) is 1. The number of anilines is 3. The Labute approximate surface area is 315 Å². The lowest BCUT2D eigenvalue weighted by molar-refractivity contribution is -0.150. The van der Waals surface area contributed by atoms with Crippen LogP contribution >= 0.6 is 0 Å². The average Bonchev–Trinajstić information content (AvgIpc) is 3.80. The highest BCUT2D eigenvalue weighted by atomic mass is 28.4. The van der Waals surface area contributed by atoms with Crippen LogP contribution in [0.4, 0.5) is 21.2 Å². The van der Waals surface area contributed by atoms with E-state index in [9.17, 15) is 19.5 Å². The summed E-state index contributed by atoms with van der Waals surface area (Å²) in [6.45, 7) is 5.68. The first-order chi connectivity index (χ1) is 26.0. The van der Waals surface area contributed by atoms with Gasteiger partial charge in [-0.1, -0.05) is 43.3 Å². The highest BCUT2D eigenvalue weighted by Gasteiger charge is 2.67. The first kappa shape index (κ1) is 36.0. The zero-order valence-electron chi connectivity index (χ0n) is 30.8. The van der Waals surface area contributed by atoms with Crippen molar-refractivity contribution in [2.45, 2.75) is 69.1 Å². The van der Waals surface area contributed by atoms with E-state index in [1.54, 1.807) is 65.2 Å². The number of carbonyl (C=O) groups is 3. The Morgan fingerprint density at radius 2 is 1.70 bits per heavy atom. The van der Waals surface area contributed by atoms with Crippen molar-refractivity contribution in [2.75, 3.05) is 30.1 Å². The van der Waals surface area contributed by atoms with Gasteiger partial charge in [-0.15, -0.1) is 0 Å². The third-order valence-electron chi connectivity index (χ3n) is 11.6. The molecule has 2 saturated heterocycles. The summed E-state index contributed by atoms with van der Waals surface area (Å²) in [5, 5.41) is 9.90. The van der Waals surface area contributed by atoms with E-state index in [1.807, 2.05) is 67.6 Å². The topological polar surface area (TPSA) is 109 Å². The molecular weight excluding hydrogens is 706 g/mol. The SMILES string of the molecule is COc1ccc2c(c1)[C@]1(O[C@@H](CC(=O)N3CCC[C@H]3CO)[C@H]([Si](C)(C)F)[C@H]1C)C(=O)N2Cc1ccc(N2C(=O)c3ccccc3Oc3ccccc32)cc1. The predicted octanol–water partition coefficient (Wildman–Crippen LogP) is 7.47. The third-order valence-corrected chi connectivity index (χ3v) is 14.1. The summed E-state index contributed by atoms with van der Waals surface area (Å²) < 4.78 is 35.0. The average molecular weight is 750 g/mol. The Hall–Kier alpha value is -5.04. The predicted molar refractivity (Wildman–Crippen MR) is 205 cm³/mol. The smallest absolute Gasteiger partial charge is 0.266 e. The number of hydrogen-bond acceptors (Lipinski definition) is 7. The lowest BCUT2D eigenvalue weighted by Crippen LogP contribution is -2.45. The molecule has 10 nitrogen and oxygen atoms in total. The van der Waals surface area contributed by atoms with Crippen LogP contribution in [0.25, 0.3) is 0 Å². The molecule has 2 fully saturated rings. The molecule has 4 aromatic rings. The number of halogens is 1. The van der Waals surface area contributed by atoms with Gasteiger partial charge in [0.25, 0.3) is 11.8 Å². The van der Waals surface area contributed by atoms with Crippen molar-refractivity contribution < 1.29 is 37.8 Å². The largest absolute Gasteiger partial charge is 0.497 e. The third kappa shape index (κ3) is 5.78. The van der Waals surface area contributed by atoms with E-state index in [4.69, 9.17) is 14.2 Å². The van der Waals surface area contributed by atoms with Crippen LogP contribution in [0.5, 0.6) is 17.2 Å². The van der Waals surface area contributed by atoms with E-state index in [1.165, 1.54) is 0 Å². The number of carbonyl (C=O) groups excluding carboxylic acids is 3. The van der Waals surface area contributed by atoms with Gasteiger partial charge >= 0.3 is 0 Å². The maximum Gasteiger partial charge on any atom is 0.266 e. The van der Waals surface area contributed by atoms with Gasteiger partial charge in [0.2, 0.25) is 14.3 Å². The molecule has 0 aliphatic carbocycles. The van der Waals surface area contributed by atoms with Crippen molar-refractivity contribution in [3.8, 4) is 17.2 Å². The van der Waals surface area contributed by atoms with E-state index in [0.717, 1.165) is 12.0 Å². The molecule has 0 aromatic heterocycles. The molecule has 1 N–H and O–H groups in total. The maximum absolute atomic E-state index is 16.4. The molecular formula is C42H44FN3O7Si. The second kappa shape index (κ2) is 13.7. The van der Waals surface area contributed by atoms with Gasteiger partial charge in [-0.05, 0) is 86.1 Å². The fourth-order valence-electron chi connectivity index (χ4n) is 9.15. The van der Waals surface area contributed by atoms with Crippen molar-refractivity contribution in [3.05, 3.63) is 108 Å². The van der Waals surface area contributed by atoms with E-state index < -0.39 is 31.6 Å². The van der Waals surface area contributed by atoms with Gasteiger partial charge in [-0.25, -0.2) is 0 Å². The number of amides is 3. The molecule has 5 atom stereocenters. The maximum atomic E-state index is 16.4. The number of aliphatic hydroxyl groups is 1. The second-order valence-corrected chi connectivity index (χ2v) is 19.0. The van der Waals surface area contributed by atoms with Crippen LogP contribution in [0.3, 0.4) is 0 Å². The summed E-state index contributed by atoms with van der Waals surface area (Å²) in [7, 11) is -1.96. The monoisotopic (exact) mass is 749 g/mol. The number of benzene rings is 4. The van der Waals surface area contributed by atoms with Crippen molar-refractivity contribution in [2.24, 2.45) is 5.92 Å². The Balaban J connectivity index is 1.12. The number of aliphatic hydroxyl groups excluding tert-OH is 1. The number of nitrogens with zero attached hydrogens (tertiary/aromatic N) is 3. The van der Waals surface area contributed by atoms with Crippen molar-refractivity contribution >= 4 is 43.2 Å². The van der Waals surface area contributed by atoms with Crippen LogP contribution in [0.15, 0.2) is 91.0 Å². The van der Waals surface area contributed by atoms with Crippen molar-refractivity contribution in [1.29, 1.82) is 0 Å². The number of ether oxygens (including phenoxy) is 3. The van der Waals surface area contributed by atoms with Crippen LogP contribution in [0.2, 0.25) is 18.6 Å². The quantitative estimate of drug-likeness (QED) is 0.147. The van der Waals surface area contributed by atoms with Gasteiger partial charge in [0, 0.05) is 29.3 Å². The molecule has 4 aromatic carbocycles. The lowest BCUT2D eigenvalue weighted by Gasteiger charge is -2.31. The number of methoxy groups -OCH3 is 1. The molecule has 54 heavy (non-hydrogen) atoms. The minimum atomic E-state index is -3.51. The molecule has 280 valence electrons. The zero-order valence-corrected chi connectivity index (χ0v) is 31.8. The lowest BCUT2D eigenvalue weighted by atomic mass is 9.82. The first-order valence-electron chi connectivity index (χ1n) is 18.5. The normalized spacial score (nSPS) is 24.7. The molecule has 4 aliphatic heterocycles. The van der Waals surface area contributed by atoms with Gasteiger partial charge < -0.3 is 33.2 Å². The van der Waals surface area contributed by atoms with E-state index in [2.05, 4.69) is 0 Å². The van der Waals surface area contributed by atoms with Crippen molar-refractivity contribution in [3.63, 3.8) is 0 Å². The molecule has 4 heterocycles. The standard InChI is InChI=1S/C42H44FN3O7Si/c1-26-39(54(3,4)43)37(23-38(48)44-21-9-10-29(44)25-47)53-42(26)32-22-30(51-2)19-20-33(32)45(41(42)50)24-27-15-17-28(18-16-27)46-34-12-6-8-14-36(34)52-35-13-7-5-11-31(35)40(46)49/h5-8,11-20,22,26,29,37,39,47H,9-10,21,23-25H2,1-4H3/t26-,29+,37+,39-,42+/m1/s1. The fraction of sp³-hybridized carbons (Fsp3) is 0.357. The molecule has 0 unspecified atom stereocenters. The van der Waals surface area contributed by atoms with Crippen LogP contribution in [-0.4, -0.2) is 68.5 Å². The number of fused-ring (bicyclic) bond motifs is 4. The van der Waals surface area contributed by atoms with Gasteiger partial charge in [0.1, 0.15) is 11.5 Å². The summed E-state index contributed by atoms with van der Waals surface area (Å²) >= 11 is 0. The van der Waals surface area contributed by atoms with E-state index in [-0.39, 0.29) is 43.3 Å². The first-order valence-corrected chi connectivity index (χ1v) is 21.5. The van der Waals surface area contributed by atoms with E-state index >= 15 is 4.11 Å². The summed E-state index contributed by atoms with van der Waals surface area (Å²) in [5.41, 5.74) is 1.52. The van der Waals surface area contributed by atoms with Gasteiger partial charge in [-0.3, -0.25) is 19.3 Å². The van der Waals surface area contributed by atoms with Crippen molar-refractivity contribution in [1.82, 2.24) is 4.90 Å². The van der Waals surface area contributed by atoms with Gasteiger partial charge in [-0.2, -0.15) is 0 Å². The molecule has 4 aliphatic rings. The van der Waals surface area contributed by atoms with Crippen LogP contribution in [0, 0.1) is 5.92 Å². The molecule has 0 radical (unpaired) electrons. The van der Waals surface area contributed by atoms with E-state index in [0.29, 0.717) is 58.4 Å². The number of rotatable bonds is 8. The minimum Gasteiger partial charge on any atom is -0.497 e. The molecule has 3 amide bonds.